The predicted molar refractivity (Wildman–Crippen MR) is 82.9 cm³/mol. The maximum atomic E-state index is 12.2. The highest BCUT2D eigenvalue weighted by Crippen LogP contribution is 2.22. The zero-order valence-corrected chi connectivity index (χ0v) is 14.0. The Morgan fingerprint density at radius 2 is 2.17 bits per heavy atom. The Bertz CT molecular complexity index is 589. The molecule has 0 saturated carbocycles. The minimum Gasteiger partial charge on any atom is -0.444 e. The first kappa shape index (κ1) is 17.3. The lowest BCUT2D eigenvalue weighted by molar-refractivity contribution is 0.0222. The number of aromatic nitrogens is 2. The number of hydrogen-bond donors (Lipinski definition) is 3. The van der Waals surface area contributed by atoms with Gasteiger partial charge in [-0.15, -0.1) is 0 Å². The summed E-state index contributed by atoms with van der Waals surface area (Å²) in [7, 11) is 0. The zero-order chi connectivity index (χ0) is 17.2. The summed E-state index contributed by atoms with van der Waals surface area (Å²) in [4.78, 5) is 25.9. The molecule has 1 aromatic rings. The van der Waals surface area contributed by atoms with Gasteiger partial charge in [-0.1, -0.05) is 0 Å². The number of aliphatic hydroxyl groups is 1. The Kier molecular flexibility index (Phi) is 4.93. The molecule has 23 heavy (non-hydrogen) atoms. The van der Waals surface area contributed by atoms with Gasteiger partial charge >= 0.3 is 6.09 Å². The molecule has 128 valence electrons. The number of carbonyl (C=O) groups is 2. The van der Waals surface area contributed by atoms with Crippen LogP contribution in [0.5, 0.6) is 0 Å². The molecule has 3 N–H and O–H groups in total. The molecule has 2 amide bonds. The second-order valence-electron chi connectivity index (χ2n) is 6.74. The Morgan fingerprint density at radius 1 is 1.48 bits per heavy atom. The monoisotopic (exact) mass is 324 g/mol. The van der Waals surface area contributed by atoms with Gasteiger partial charge in [-0.25, -0.2) is 4.79 Å². The number of nitrogens with zero attached hydrogens (tertiary/aromatic N) is 2. The van der Waals surface area contributed by atoms with E-state index in [0.29, 0.717) is 18.5 Å². The maximum absolute atomic E-state index is 12.2. The molecule has 1 aliphatic rings. The molecule has 0 saturated heterocycles. The van der Waals surface area contributed by atoms with Crippen LogP contribution in [0.1, 0.15) is 49.4 Å². The molecule has 8 heteroatoms. The van der Waals surface area contributed by atoms with E-state index in [4.69, 9.17) is 4.74 Å². The number of H-pyrrole nitrogens is 1. The Hall–Kier alpha value is -2.09. The van der Waals surface area contributed by atoms with Crippen molar-refractivity contribution in [2.45, 2.75) is 52.4 Å². The fourth-order valence-electron chi connectivity index (χ4n) is 2.29. The van der Waals surface area contributed by atoms with Crippen LogP contribution in [-0.4, -0.2) is 57.0 Å². The van der Waals surface area contributed by atoms with E-state index in [1.807, 2.05) is 20.8 Å². The van der Waals surface area contributed by atoms with Gasteiger partial charge in [0.05, 0.1) is 12.6 Å². The molecule has 0 aliphatic carbocycles. The number of aliphatic hydroxyl groups excluding tert-OH is 1. The van der Waals surface area contributed by atoms with Crippen LogP contribution in [0.3, 0.4) is 0 Å². The second-order valence-corrected chi connectivity index (χ2v) is 6.74. The second kappa shape index (κ2) is 6.57. The quantitative estimate of drug-likeness (QED) is 0.763. The third-order valence-corrected chi connectivity index (χ3v) is 3.36. The number of nitrogens with one attached hydrogen (secondary N) is 2. The van der Waals surface area contributed by atoms with Crippen LogP contribution >= 0.6 is 0 Å². The number of hydrogen-bond acceptors (Lipinski definition) is 5. The molecule has 0 aromatic carbocycles. The third kappa shape index (κ3) is 4.44. The molecule has 0 bridgehead atoms. The minimum absolute atomic E-state index is 0.149. The van der Waals surface area contributed by atoms with E-state index in [0.717, 1.165) is 5.69 Å². The first-order chi connectivity index (χ1) is 10.7. The van der Waals surface area contributed by atoms with Crippen molar-refractivity contribution < 1.29 is 19.4 Å². The summed E-state index contributed by atoms with van der Waals surface area (Å²) in [5.74, 6) is -0.366. The molecule has 1 aromatic heterocycles. The van der Waals surface area contributed by atoms with Crippen LogP contribution in [-0.2, 0) is 17.7 Å². The summed E-state index contributed by atoms with van der Waals surface area (Å²) in [6, 6.07) is 0. The third-order valence-electron chi connectivity index (χ3n) is 3.36. The van der Waals surface area contributed by atoms with Gasteiger partial charge in [0.1, 0.15) is 5.60 Å². The number of ether oxygens (including phenoxy) is 1. The lowest BCUT2D eigenvalue weighted by Crippen LogP contribution is -2.40. The van der Waals surface area contributed by atoms with Crippen molar-refractivity contribution in [1.29, 1.82) is 0 Å². The summed E-state index contributed by atoms with van der Waals surface area (Å²) in [6.07, 6.45) is -0.447. The van der Waals surface area contributed by atoms with Crippen LogP contribution < -0.4 is 5.32 Å². The van der Waals surface area contributed by atoms with Crippen molar-refractivity contribution in [3.05, 3.63) is 17.0 Å². The standard InChI is InChI=1S/C15H24N4O4/c1-9(20)7-16-13(21)12-10-8-19(6-5-11(10)17-18-12)14(22)23-15(2,3)4/h9,20H,5-8H2,1-4H3,(H,16,21)(H,17,18). The SMILES string of the molecule is CC(O)CNC(=O)c1n[nH]c2c1CN(C(=O)OC(C)(C)C)CC2. The van der Waals surface area contributed by atoms with Crippen LogP contribution in [0.4, 0.5) is 4.79 Å². The van der Waals surface area contributed by atoms with Crippen LogP contribution in [0.15, 0.2) is 0 Å². The van der Waals surface area contributed by atoms with E-state index in [1.54, 1.807) is 11.8 Å². The molecular weight excluding hydrogens is 300 g/mol. The van der Waals surface area contributed by atoms with E-state index in [-0.39, 0.29) is 24.7 Å². The number of rotatable bonds is 3. The highest BCUT2D eigenvalue weighted by Gasteiger charge is 2.30. The summed E-state index contributed by atoms with van der Waals surface area (Å²) < 4.78 is 5.37. The van der Waals surface area contributed by atoms with E-state index in [9.17, 15) is 14.7 Å². The smallest absolute Gasteiger partial charge is 0.410 e. The molecule has 8 nitrogen and oxygen atoms in total. The molecular formula is C15H24N4O4. The normalized spacial score (nSPS) is 15.8. The van der Waals surface area contributed by atoms with E-state index >= 15 is 0 Å². The van der Waals surface area contributed by atoms with Crippen molar-refractivity contribution >= 4 is 12.0 Å². The van der Waals surface area contributed by atoms with Gasteiger partial charge in [-0.05, 0) is 27.7 Å². The van der Waals surface area contributed by atoms with Gasteiger partial charge in [0.15, 0.2) is 5.69 Å². The first-order valence-corrected chi connectivity index (χ1v) is 7.67. The summed E-state index contributed by atoms with van der Waals surface area (Å²) in [6.45, 7) is 7.96. The molecule has 0 radical (unpaired) electrons. The van der Waals surface area contributed by atoms with Gasteiger partial charge in [0.2, 0.25) is 0 Å². The number of carbonyl (C=O) groups excluding carboxylic acids is 2. The van der Waals surface area contributed by atoms with Gasteiger partial charge < -0.3 is 20.1 Å². The van der Waals surface area contributed by atoms with E-state index in [2.05, 4.69) is 15.5 Å². The largest absolute Gasteiger partial charge is 0.444 e. The van der Waals surface area contributed by atoms with Crippen LogP contribution in [0, 0.1) is 0 Å². The van der Waals surface area contributed by atoms with Crippen LogP contribution in [0.25, 0.3) is 0 Å². The highest BCUT2D eigenvalue weighted by molar-refractivity contribution is 5.94. The van der Waals surface area contributed by atoms with Gasteiger partial charge in [0, 0.05) is 30.8 Å². The lowest BCUT2D eigenvalue weighted by atomic mass is 10.1. The van der Waals surface area contributed by atoms with Crippen molar-refractivity contribution in [1.82, 2.24) is 20.4 Å². The summed E-state index contributed by atoms with van der Waals surface area (Å²) >= 11 is 0. The Labute approximate surface area is 135 Å². The molecule has 0 spiro atoms. The fraction of sp³-hybridized carbons (Fsp3) is 0.667. The van der Waals surface area contributed by atoms with Gasteiger partial charge in [-0.2, -0.15) is 5.10 Å². The summed E-state index contributed by atoms with van der Waals surface area (Å²) in [5, 5.41) is 18.8. The highest BCUT2D eigenvalue weighted by atomic mass is 16.6. The fourth-order valence-corrected chi connectivity index (χ4v) is 2.29. The summed E-state index contributed by atoms with van der Waals surface area (Å²) in [5.41, 5.74) is 1.25. The Balaban J connectivity index is 2.09. The van der Waals surface area contributed by atoms with Crippen molar-refractivity contribution in [2.24, 2.45) is 0 Å². The molecule has 2 rings (SSSR count). The van der Waals surface area contributed by atoms with Gasteiger partial charge in [-0.3, -0.25) is 9.89 Å². The number of fused-ring (bicyclic) bond motifs is 1. The topological polar surface area (TPSA) is 108 Å². The molecule has 2 heterocycles. The average Bonchev–Trinajstić information content (AvgIpc) is 2.85. The Morgan fingerprint density at radius 3 is 2.78 bits per heavy atom. The van der Waals surface area contributed by atoms with Crippen molar-refractivity contribution in [2.75, 3.05) is 13.1 Å². The van der Waals surface area contributed by atoms with E-state index in [1.165, 1.54) is 0 Å². The molecule has 1 aliphatic heterocycles. The molecule has 1 unspecified atom stereocenters. The van der Waals surface area contributed by atoms with Crippen LogP contribution in [0.2, 0.25) is 0 Å². The van der Waals surface area contributed by atoms with Crippen molar-refractivity contribution in [3.8, 4) is 0 Å². The molecule has 0 fully saturated rings. The lowest BCUT2D eigenvalue weighted by Gasteiger charge is -2.30. The minimum atomic E-state index is -0.632. The maximum Gasteiger partial charge on any atom is 0.410 e. The number of aromatic amines is 1. The van der Waals surface area contributed by atoms with Gasteiger partial charge in [0.25, 0.3) is 5.91 Å². The average molecular weight is 324 g/mol. The predicted octanol–water partition coefficient (Wildman–Crippen LogP) is 0.813. The van der Waals surface area contributed by atoms with E-state index < -0.39 is 17.8 Å². The number of amides is 2. The first-order valence-electron chi connectivity index (χ1n) is 7.67. The molecule has 1 atom stereocenters. The van der Waals surface area contributed by atoms with Crippen molar-refractivity contribution in [3.63, 3.8) is 0 Å². The zero-order valence-electron chi connectivity index (χ0n) is 14.0.